The Bertz CT molecular complexity index is 882. The summed E-state index contributed by atoms with van der Waals surface area (Å²) in [5.41, 5.74) is 2.27. The van der Waals surface area contributed by atoms with Crippen molar-refractivity contribution in [3.8, 4) is 0 Å². The monoisotopic (exact) mass is 535 g/mol. The third-order valence-electron chi connectivity index (χ3n) is 5.97. The Labute approximate surface area is 228 Å². The second-order valence-electron chi connectivity index (χ2n) is 11.0. The van der Waals surface area contributed by atoms with Gasteiger partial charge < -0.3 is 20.3 Å². The molecule has 2 N–H and O–H groups in total. The van der Waals surface area contributed by atoms with E-state index in [2.05, 4.69) is 17.6 Å². The molecule has 1 aromatic rings. The molecule has 0 fully saturated rings. The third kappa shape index (κ3) is 11.8. The maximum Gasteiger partial charge on any atom is 0.408 e. The van der Waals surface area contributed by atoms with Crippen LogP contribution in [0.15, 0.2) is 18.2 Å². The Morgan fingerprint density at radius 1 is 1.03 bits per heavy atom. The molecule has 0 aliphatic rings. The van der Waals surface area contributed by atoms with Gasteiger partial charge in [0.1, 0.15) is 17.7 Å². The molecule has 0 spiro atoms. The molecule has 0 heterocycles. The number of hydrogen-bond acceptors (Lipinski definition) is 5. The largest absolute Gasteiger partial charge is 0.444 e. The average molecular weight is 536 g/mol. The number of hydrogen-bond donors (Lipinski definition) is 2. The molecular weight excluding hydrogens is 486 g/mol. The molecule has 1 aromatic carbocycles. The number of alkyl carbamates (subject to hydrolysis) is 1. The summed E-state index contributed by atoms with van der Waals surface area (Å²) in [5.74, 6) is 0.198. The van der Waals surface area contributed by atoms with E-state index in [1.165, 1.54) is 0 Å². The first-order valence-electron chi connectivity index (χ1n) is 13.5. The van der Waals surface area contributed by atoms with Crippen molar-refractivity contribution in [2.75, 3.05) is 18.6 Å². The van der Waals surface area contributed by atoms with Crippen LogP contribution in [0.2, 0.25) is 0 Å². The van der Waals surface area contributed by atoms with Crippen molar-refractivity contribution < 1.29 is 19.1 Å². The molecule has 0 aliphatic heterocycles. The first kappa shape index (κ1) is 32.8. The predicted octanol–water partition coefficient (Wildman–Crippen LogP) is 5.92. The van der Waals surface area contributed by atoms with Crippen LogP contribution in [0.1, 0.15) is 96.4 Å². The molecular formula is C29H49N3O4S. The zero-order valence-corrected chi connectivity index (χ0v) is 25.2. The fourth-order valence-electron chi connectivity index (χ4n) is 3.99. The summed E-state index contributed by atoms with van der Waals surface area (Å²) in [7, 11) is 0. The van der Waals surface area contributed by atoms with Gasteiger partial charge in [-0.15, -0.1) is 0 Å². The lowest BCUT2D eigenvalue weighted by Gasteiger charge is -2.35. The van der Waals surface area contributed by atoms with Gasteiger partial charge in [-0.3, -0.25) is 9.59 Å². The van der Waals surface area contributed by atoms with Crippen molar-refractivity contribution in [2.45, 2.75) is 111 Å². The molecule has 3 amide bonds. The molecule has 0 saturated carbocycles. The minimum Gasteiger partial charge on any atom is -0.444 e. The molecule has 0 saturated heterocycles. The van der Waals surface area contributed by atoms with Crippen molar-refractivity contribution in [1.82, 2.24) is 15.5 Å². The second kappa shape index (κ2) is 15.9. The van der Waals surface area contributed by atoms with E-state index >= 15 is 0 Å². The fraction of sp³-hybridized carbons (Fsp3) is 0.690. The lowest BCUT2D eigenvalue weighted by molar-refractivity contribution is -0.142. The van der Waals surface area contributed by atoms with E-state index in [1.54, 1.807) is 37.4 Å². The summed E-state index contributed by atoms with van der Waals surface area (Å²) in [6.45, 7) is 15.8. The fourth-order valence-corrected chi connectivity index (χ4v) is 4.46. The van der Waals surface area contributed by atoms with Gasteiger partial charge >= 0.3 is 6.09 Å². The normalized spacial score (nSPS) is 13.1. The van der Waals surface area contributed by atoms with E-state index in [4.69, 9.17) is 4.74 Å². The minimum atomic E-state index is -0.798. The number of carbonyl (C=O) groups is 3. The van der Waals surface area contributed by atoms with E-state index in [-0.39, 0.29) is 17.9 Å². The van der Waals surface area contributed by atoms with Gasteiger partial charge in [-0.05, 0) is 90.0 Å². The Balaban J connectivity index is 3.49. The third-order valence-corrected chi connectivity index (χ3v) is 6.62. The molecule has 210 valence electrons. The van der Waals surface area contributed by atoms with Gasteiger partial charge in [0.15, 0.2) is 0 Å². The lowest BCUT2D eigenvalue weighted by Crippen LogP contribution is -2.54. The Hall–Kier alpha value is -2.22. The quantitative estimate of drug-likeness (QED) is 0.289. The molecule has 37 heavy (non-hydrogen) atoms. The van der Waals surface area contributed by atoms with Gasteiger partial charge in [-0.2, -0.15) is 11.8 Å². The number of nitrogens with one attached hydrogen (secondary N) is 2. The molecule has 1 rings (SSSR count). The van der Waals surface area contributed by atoms with Crippen molar-refractivity contribution in [2.24, 2.45) is 0 Å². The van der Waals surface area contributed by atoms with Gasteiger partial charge in [-0.25, -0.2) is 4.79 Å². The first-order chi connectivity index (χ1) is 17.3. The molecule has 2 atom stereocenters. The van der Waals surface area contributed by atoms with Crippen LogP contribution in [0.4, 0.5) is 4.79 Å². The number of ether oxygens (including phenoxy) is 1. The highest BCUT2D eigenvalue weighted by Crippen LogP contribution is 2.26. The van der Waals surface area contributed by atoms with Crippen molar-refractivity contribution >= 4 is 29.7 Å². The first-order valence-corrected chi connectivity index (χ1v) is 14.9. The van der Waals surface area contributed by atoms with Gasteiger partial charge in [0, 0.05) is 12.6 Å². The summed E-state index contributed by atoms with van der Waals surface area (Å²) in [6, 6.07) is 4.24. The number of thioether (sulfide) groups is 1. The summed E-state index contributed by atoms with van der Waals surface area (Å²) in [5, 5.41) is 5.82. The van der Waals surface area contributed by atoms with E-state index in [0.717, 1.165) is 42.4 Å². The van der Waals surface area contributed by atoms with E-state index in [1.807, 2.05) is 52.1 Å². The number of amides is 3. The maximum atomic E-state index is 14.1. The van der Waals surface area contributed by atoms with Gasteiger partial charge in [0.2, 0.25) is 11.8 Å². The minimum absolute atomic E-state index is 0.0780. The smallest absolute Gasteiger partial charge is 0.408 e. The van der Waals surface area contributed by atoms with Crippen LogP contribution in [0.5, 0.6) is 0 Å². The number of nitrogens with zero attached hydrogens (tertiary/aromatic N) is 1. The second-order valence-corrected chi connectivity index (χ2v) is 12.0. The van der Waals surface area contributed by atoms with E-state index in [0.29, 0.717) is 18.7 Å². The van der Waals surface area contributed by atoms with Gasteiger partial charge in [-0.1, -0.05) is 44.4 Å². The Kier molecular flexibility index (Phi) is 14.1. The highest BCUT2D eigenvalue weighted by molar-refractivity contribution is 7.98. The van der Waals surface area contributed by atoms with Crippen LogP contribution >= 0.6 is 11.8 Å². The van der Waals surface area contributed by atoms with Gasteiger partial charge in [0.05, 0.1) is 0 Å². The topological polar surface area (TPSA) is 87.7 Å². The van der Waals surface area contributed by atoms with Crippen molar-refractivity contribution in [1.29, 1.82) is 0 Å². The highest BCUT2D eigenvalue weighted by Gasteiger charge is 2.36. The number of unbranched alkanes of at least 4 members (excludes halogenated alkanes) is 3. The maximum absolute atomic E-state index is 14.1. The Morgan fingerprint density at radius 2 is 1.70 bits per heavy atom. The molecule has 0 bridgehead atoms. The van der Waals surface area contributed by atoms with Crippen LogP contribution in [0.3, 0.4) is 0 Å². The molecule has 0 radical (unpaired) electrons. The highest BCUT2D eigenvalue weighted by atomic mass is 32.2. The molecule has 0 aromatic heterocycles. The van der Waals surface area contributed by atoms with Crippen LogP contribution in [0.25, 0.3) is 0 Å². The SMILES string of the molecule is CCCCCCN(C(=O)C(CCSC)NC(=O)OC(C)(C)C)C(C(=O)NC(C)C)c1ccc(C)c(C)c1. The van der Waals surface area contributed by atoms with Crippen molar-refractivity contribution in [3.63, 3.8) is 0 Å². The van der Waals surface area contributed by atoms with Crippen molar-refractivity contribution in [3.05, 3.63) is 34.9 Å². The number of aryl methyl sites for hydroxylation is 2. The molecule has 8 heteroatoms. The molecule has 2 unspecified atom stereocenters. The Morgan fingerprint density at radius 3 is 2.24 bits per heavy atom. The molecule has 7 nitrogen and oxygen atoms in total. The predicted molar refractivity (Wildman–Crippen MR) is 154 cm³/mol. The zero-order valence-electron chi connectivity index (χ0n) is 24.4. The van der Waals surface area contributed by atoms with E-state index in [9.17, 15) is 14.4 Å². The zero-order chi connectivity index (χ0) is 28.2. The van der Waals surface area contributed by atoms with E-state index < -0.39 is 23.8 Å². The van der Waals surface area contributed by atoms with Crippen LogP contribution in [-0.2, 0) is 14.3 Å². The standard InChI is InChI=1S/C29H49N3O4S/c1-10-11-12-13-17-32(27(34)24(16-18-37-9)31-28(35)36-29(6,7)8)25(26(33)30-20(2)3)23-15-14-21(4)22(5)19-23/h14-15,19-20,24-25H,10-13,16-18H2,1-9H3,(H,30,33)(H,31,35). The van der Waals surface area contributed by atoms with Crippen LogP contribution in [-0.4, -0.2) is 59.0 Å². The lowest BCUT2D eigenvalue weighted by atomic mass is 9.97. The number of carbonyl (C=O) groups excluding carboxylic acids is 3. The average Bonchev–Trinajstić information content (AvgIpc) is 2.78. The van der Waals surface area contributed by atoms with Crippen LogP contribution in [0, 0.1) is 13.8 Å². The number of rotatable bonds is 14. The summed E-state index contributed by atoms with van der Waals surface area (Å²) < 4.78 is 5.46. The van der Waals surface area contributed by atoms with Crippen LogP contribution < -0.4 is 10.6 Å². The summed E-state index contributed by atoms with van der Waals surface area (Å²) in [4.78, 5) is 42.1. The number of benzene rings is 1. The van der Waals surface area contributed by atoms with Gasteiger partial charge in [0.25, 0.3) is 0 Å². The summed E-state index contributed by atoms with van der Waals surface area (Å²) in [6.07, 6.45) is 5.63. The summed E-state index contributed by atoms with van der Waals surface area (Å²) >= 11 is 1.60. The molecule has 0 aliphatic carbocycles.